The van der Waals surface area contributed by atoms with Gasteiger partial charge in [0.25, 0.3) is 5.91 Å². The smallest absolute Gasteiger partial charge is 0.311 e. The first-order valence-electron chi connectivity index (χ1n) is 6.86. The first kappa shape index (κ1) is 15.8. The summed E-state index contributed by atoms with van der Waals surface area (Å²) in [6, 6.07) is 5.39. The fourth-order valence-corrected chi connectivity index (χ4v) is 3.50. The molecular weight excluding hydrogens is 336 g/mol. The molecule has 1 fully saturated rings. The van der Waals surface area contributed by atoms with Crippen molar-refractivity contribution in [3.63, 3.8) is 0 Å². The third-order valence-electron chi connectivity index (χ3n) is 4.41. The van der Waals surface area contributed by atoms with Gasteiger partial charge in [-0.25, -0.2) is 0 Å². The molecule has 1 aliphatic rings. The molecule has 1 unspecified atom stereocenters. The fourth-order valence-electron chi connectivity index (χ4n) is 2.95. The van der Waals surface area contributed by atoms with Crippen LogP contribution in [-0.4, -0.2) is 30.1 Å². The van der Waals surface area contributed by atoms with Crippen LogP contribution in [0.5, 0.6) is 0 Å². The third-order valence-corrected chi connectivity index (χ3v) is 5.07. The number of carboxylic acids is 1. The number of nitrogens with two attached hydrogens (primary N) is 1. The molecule has 6 heteroatoms. The van der Waals surface area contributed by atoms with Gasteiger partial charge in [-0.2, -0.15) is 0 Å². The minimum absolute atomic E-state index is 0.0178. The van der Waals surface area contributed by atoms with Gasteiger partial charge in [0, 0.05) is 17.6 Å². The summed E-state index contributed by atoms with van der Waals surface area (Å²) in [5.41, 5.74) is 5.78. The van der Waals surface area contributed by atoms with Gasteiger partial charge in [-0.1, -0.05) is 19.9 Å². The molecule has 1 atom stereocenters. The number of nitrogens with zero attached hydrogens (tertiary/aromatic N) is 1. The van der Waals surface area contributed by atoms with Crippen molar-refractivity contribution >= 4 is 33.5 Å². The summed E-state index contributed by atoms with van der Waals surface area (Å²) in [6.07, 6.45) is 0.560. The molecule has 114 valence electrons. The molecule has 3 N–H and O–H groups in total. The molecule has 1 aliphatic heterocycles. The lowest BCUT2D eigenvalue weighted by molar-refractivity contribution is -0.150. The lowest BCUT2D eigenvalue weighted by Crippen LogP contribution is -2.39. The van der Waals surface area contributed by atoms with Crippen molar-refractivity contribution in [2.24, 2.45) is 17.1 Å². The quantitative estimate of drug-likeness (QED) is 0.869. The molecule has 1 saturated heterocycles. The van der Waals surface area contributed by atoms with E-state index in [0.717, 1.165) is 0 Å². The molecule has 0 aliphatic carbocycles. The molecule has 1 heterocycles. The number of carbonyl (C=O) groups is 2. The molecule has 1 amide bonds. The number of primary amides is 1. The Morgan fingerprint density at radius 3 is 2.57 bits per heavy atom. The van der Waals surface area contributed by atoms with E-state index >= 15 is 0 Å². The highest BCUT2D eigenvalue weighted by molar-refractivity contribution is 9.10. The Bertz CT molecular complexity index is 588. The number of hydrogen-bond donors (Lipinski definition) is 2. The van der Waals surface area contributed by atoms with Crippen molar-refractivity contribution in [1.29, 1.82) is 0 Å². The van der Waals surface area contributed by atoms with Gasteiger partial charge in [-0.05, 0) is 40.4 Å². The number of halogens is 1. The van der Waals surface area contributed by atoms with Crippen molar-refractivity contribution in [2.75, 3.05) is 18.0 Å². The molecule has 0 aromatic heterocycles. The number of benzene rings is 1. The Hall–Kier alpha value is -1.56. The van der Waals surface area contributed by atoms with Gasteiger partial charge in [-0.15, -0.1) is 0 Å². The molecular formula is C15H19BrN2O3. The maximum atomic E-state index is 11.7. The van der Waals surface area contributed by atoms with E-state index in [-0.39, 0.29) is 5.92 Å². The van der Waals surface area contributed by atoms with Crippen LogP contribution >= 0.6 is 15.9 Å². The van der Waals surface area contributed by atoms with Crippen LogP contribution in [0, 0.1) is 11.3 Å². The summed E-state index contributed by atoms with van der Waals surface area (Å²) < 4.78 is 0.630. The topological polar surface area (TPSA) is 83.6 Å². The first-order chi connectivity index (χ1) is 9.79. The van der Waals surface area contributed by atoms with Crippen molar-refractivity contribution in [3.05, 3.63) is 28.2 Å². The number of aliphatic carboxylic acids is 1. The second-order valence-corrected chi connectivity index (χ2v) is 6.64. The largest absolute Gasteiger partial charge is 0.481 e. The number of hydrogen-bond acceptors (Lipinski definition) is 3. The standard InChI is InChI=1S/C15H19BrN2O3/c1-9(2)15(14(20)21)6-7-18(8-15)11-5-3-4-10(16)12(11)13(17)19/h3-5,9H,6-8H2,1-2H3,(H2,17,19)(H,20,21). The van der Waals surface area contributed by atoms with E-state index in [1.807, 2.05) is 30.9 Å². The average molecular weight is 355 g/mol. The van der Waals surface area contributed by atoms with Gasteiger partial charge in [0.05, 0.1) is 16.7 Å². The van der Waals surface area contributed by atoms with Crippen molar-refractivity contribution in [3.8, 4) is 0 Å². The Labute approximate surface area is 132 Å². The van der Waals surface area contributed by atoms with Gasteiger partial charge < -0.3 is 15.7 Å². The number of amides is 1. The SMILES string of the molecule is CC(C)C1(C(=O)O)CCN(c2cccc(Br)c2C(N)=O)C1. The Morgan fingerprint density at radius 2 is 2.10 bits per heavy atom. The molecule has 2 rings (SSSR count). The van der Waals surface area contributed by atoms with Crippen LogP contribution in [0.3, 0.4) is 0 Å². The van der Waals surface area contributed by atoms with Crippen molar-refractivity contribution in [2.45, 2.75) is 20.3 Å². The highest BCUT2D eigenvalue weighted by atomic mass is 79.9. The average Bonchev–Trinajstić information content (AvgIpc) is 2.84. The normalized spacial score (nSPS) is 21.8. The second-order valence-electron chi connectivity index (χ2n) is 5.79. The molecule has 1 aromatic rings. The van der Waals surface area contributed by atoms with Crippen molar-refractivity contribution in [1.82, 2.24) is 0 Å². The van der Waals surface area contributed by atoms with Gasteiger partial charge in [0.15, 0.2) is 0 Å². The van der Waals surface area contributed by atoms with Gasteiger partial charge >= 0.3 is 5.97 Å². The summed E-state index contributed by atoms with van der Waals surface area (Å²) in [5.74, 6) is -1.28. The zero-order valence-corrected chi connectivity index (χ0v) is 13.7. The van der Waals surface area contributed by atoms with E-state index < -0.39 is 17.3 Å². The minimum Gasteiger partial charge on any atom is -0.481 e. The first-order valence-corrected chi connectivity index (χ1v) is 7.65. The van der Waals surface area contributed by atoms with Gasteiger partial charge in [0.1, 0.15) is 0 Å². The molecule has 0 spiro atoms. The van der Waals surface area contributed by atoms with Gasteiger partial charge in [-0.3, -0.25) is 9.59 Å². The zero-order chi connectivity index (χ0) is 15.8. The van der Waals surface area contributed by atoms with E-state index in [1.54, 1.807) is 6.07 Å². The number of carboxylic acid groups (broad SMARTS) is 1. The predicted octanol–water partition coefficient (Wildman–Crippen LogP) is 2.49. The summed E-state index contributed by atoms with van der Waals surface area (Å²) in [5, 5.41) is 9.60. The maximum absolute atomic E-state index is 11.7. The van der Waals surface area contributed by atoms with Crippen LogP contribution < -0.4 is 10.6 Å². The van der Waals surface area contributed by atoms with Gasteiger partial charge in [0.2, 0.25) is 0 Å². The molecule has 0 saturated carbocycles. The third kappa shape index (κ3) is 2.64. The zero-order valence-electron chi connectivity index (χ0n) is 12.1. The molecule has 0 radical (unpaired) electrons. The predicted molar refractivity (Wildman–Crippen MR) is 84.4 cm³/mol. The monoisotopic (exact) mass is 354 g/mol. The Kier molecular flexibility index (Phi) is 4.27. The summed E-state index contributed by atoms with van der Waals surface area (Å²) >= 11 is 3.34. The van der Waals surface area contributed by atoms with E-state index in [4.69, 9.17) is 5.73 Å². The summed E-state index contributed by atoms with van der Waals surface area (Å²) in [4.78, 5) is 25.3. The number of anilines is 1. The molecule has 21 heavy (non-hydrogen) atoms. The van der Waals surface area contributed by atoms with Crippen LogP contribution in [-0.2, 0) is 4.79 Å². The molecule has 5 nitrogen and oxygen atoms in total. The summed E-state index contributed by atoms with van der Waals surface area (Å²) in [6.45, 7) is 4.83. The molecule has 1 aromatic carbocycles. The lowest BCUT2D eigenvalue weighted by Gasteiger charge is -2.29. The number of rotatable bonds is 4. The van der Waals surface area contributed by atoms with Crippen LogP contribution in [0.2, 0.25) is 0 Å². The highest BCUT2D eigenvalue weighted by Gasteiger charge is 2.47. The van der Waals surface area contributed by atoms with E-state index in [2.05, 4.69) is 15.9 Å². The number of carbonyl (C=O) groups excluding carboxylic acids is 1. The van der Waals surface area contributed by atoms with Crippen LogP contribution in [0.25, 0.3) is 0 Å². The van der Waals surface area contributed by atoms with Crippen LogP contribution in [0.1, 0.15) is 30.6 Å². The van der Waals surface area contributed by atoms with Crippen LogP contribution in [0.15, 0.2) is 22.7 Å². The Morgan fingerprint density at radius 1 is 1.43 bits per heavy atom. The van der Waals surface area contributed by atoms with Crippen LogP contribution in [0.4, 0.5) is 5.69 Å². The highest BCUT2D eigenvalue weighted by Crippen LogP contribution is 2.41. The lowest BCUT2D eigenvalue weighted by atomic mass is 9.76. The van der Waals surface area contributed by atoms with E-state index in [9.17, 15) is 14.7 Å². The Balaban J connectivity index is 2.41. The van der Waals surface area contributed by atoms with Crippen molar-refractivity contribution < 1.29 is 14.7 Å². The summed E-state index contributed by atoms with van der Waals surface area (Å²) in [7, 11) is 0. The van der Waals surface area contributed by atoms with E-state index in [1.165, 1.54) is 0 Å². The fraction of sp³-hybridized carbons (Fsp3) is 0.467. The maximum Gasteiger partial charge on any atom is 0.311 e. The minimum atomic E-state index is -0.782. The van der Waals surface area contributed by atoms with E-state index in [0.29, 0.717) is 35.2 Å². The second kappa shape index (κ2) is 5.67. The molecule has 0 bridgehead atoms.